The Labute approximate surface area is 99.9 Å². The molecule has 0 unspecified atom stereocenters. The summed E-state index contributed by atoms with van der Waals surface area (Å²) in [6.07, 6.45) is 2.94. The summed E-state index contributed by atoms with van der Waals surface area (Å²) in [6, 6.07) is 1.56. The highest BCUT2D eigenvalue weighted by atomic mass is 35.5. The molecule has 0 aliphatic carbocycles. The minimum absolute atomic E-state index is 0.113. The molecule has 0 spiro atoms. The van der Waals surface area contributed by atoms with Crippen LogP contribution in [0.1, 0.15) is 24.2 Å². The summed E-state index contributed by atoms with van der Waals surface area (Å²) in [5.41, 5.74) is -0.232. The minimum Gasteiger partial charge on any atom is -0.394 e. The summed E-state index contributed by atoms with van der Waals surface area (Å²) in [7, 11) is 1.63. The van der Waals surface area contributed by atoms with Crippen molar-refractivity contribution in [2.75, 3.05) is 13.7 Å². The van der Waals surface area contributed by atoms with Gasteiger partial charge in [0.1, 0.15) is 0 Å². The molecule has 0 aliphatic rings. The van der Waals surface area contributed by atoms with Crippen LogP contribution in [0.15, 0.2) is 18.5 Å². The number of pyridine rings is 1. The highest BCUT2D eigenvalue weighted by molar-refractivity contribution is 6.33. The predicted molar refractivity (Wildman–Crippen MR) is 62.5 cm³/mol. The first-order valence-corrected chi connectivity index (χ1v) is 5.26. The number of hydrogen-bond acceptors (Lipinski definition) is 3. The first-order chi connectivity index (χ1) is 7.40. The van der Waals surface area contributed by atoms with E-state index >= 15 is 0 Å². The van der Waals surface area contributed by atoms with Gasteiger partial charge in [0.25, 0.3) is 5.91 Å². The summed E-state index contributed by atoms with van der Waals surface area (Å²) >= 11 is 5.88. The van der Waals surface area contributed by atoms with Crippen molar-refractivity contribution in [2.45, 2.75) is 19.4 Å². The number of likely N-dealkylation sites (N-methyl/N-ethyl adjacent to an activating group) is 1. The second-order valence-electron chi connectivity index (χ2n) is 4.19. The van der Waals surface area contributed by atoms with Crippen molar-refractivity contribution in [2.24, 2.45) is 0 Å². The molecule has 5 heteroatoms. The summed E-state index contributed by atoms with van der Waals surface area (Å²) in [6.45, 7) is 3.44. The van der Waals surface area contributed by atoms with Gasteiger partial charge in [0.2, 0.25) is 0 Å². The van der Waals surface area contributed by atoms with Gasteiger partial charge in [0, 0.05) is 19.4 Å². The highest BCUT2D eigenvalue weighted by Crippen LogP contribution is 2.19. The lowest BCUT2D eigenvalue weighted by atomic mass is 10.0. The number of halogens is 1. The van der Waals surface area contributed by atoms with E-state index in [1.165, 1.54) is 17.3 Å². The van der Waals surface area contributed by atoms with Gasteiger partial charge in [-0.2, -0.15) is 0 Å². The van der Waals surface area contributed by atoms with Crippen LogP contribution in [0.4, 0.5) is 0 Å². The van der Waals surface area contributed by atoms with E-state index in [-0.39, 0.29) is 12.5 Å². The fourth-order valence-electron chi connectivity index (χ4n) is 1.11. The van der Waals surface area contributed by atoms with Gasteiger partial charge in [0.05, 0.1) is 22.7 Å². The third-order valence-corrected chi connectivity index (χ3v) is 2.90. The Hall–Kier alpha value is -1.13. The number of carbonyl (C=O) groups excluding carboxylic acids is 1. The van der Waals surface area contributed by atoms with Crippen molar-refractivity contribution in [3.05, 3.63) is 29.0 Å². The zero-order valence-electron chi connectivity index (χ0n) is 9.57. The number of aromatic nitrogens is 1. The van der Waals surface area contributed by atoms with Crippen molar-refractivity contribution in [3.8, 4) is 0 Å². The molecule has 0 fully saturated rings. The van der Waals surface area contributed by atoms with Crippen molar-refractivity contribution in [1.29, 1.82) is 0 Å². The maximum absolute atomic E-state index is 12.1. The van der Waals surface area contributed by atoms with E-state index < -0.39 is 5.54 Å². The molecule has 0 bridgehead atoms. The molecular weight excluding hydrogens is 228 g/mol. The van der Waals surface area contributed by atoms with Crippen LogP contribution in [0.5, 0.6) is 0 Å². The number of aliphatic hydroxyl groups is 1. The van der Waals surface area contributed by atoms with E-state index in [9.17, 15) is 9.90 Å². The Balaban J connectivity index is 3.00. The average molecular weight is 243 g/mol. The van der Waals surface area contributed by atoms with Gasteiger partial charge in [0.15, 0.2) is 0 Å². The molecule has 0 radical (unpaired) electrons. The van der Waals surface area contributed by atoms with Crippen LogP contribution in [0.3, 0.4) is 0 Å². The van der Waals surface area contributed by atoms with E-state index in [4.69, 9.17) is 11.6 Å². The number of hydrogen-bond donors (Lipinski definition) is 1. The smallest absolute Gasteiger partial charge is 0.255 e. The van der Waals surface area contributed by atoms with Crippen LogP contribution in [0, 0.1) is 0 Å². The van der Waals surface area contributed by atoms with Crippen molar-refractivity contribution >= 4 is 17.5 Å². The molecule has 1 heterocycles. The SMILES string of the molecule is CN(C(=O)c1ccncc1Cl)C(C)(C)CO. The van der Waals surface area contributed by atoms with Gasteiger partial charge in [-0.25, -0.2) is 0 Å². The van der Waals surface area contributed by atoms with E-state index in [0.29, 0.717) is 10.6 Å². The Morgan fingerprint density at radius 3 is 2.75 bits per heavy atom. The molecule has 88 valence electrons. The lowest BCUT2D eigenvalue weighted by Crippen LogP contribution is -2.47. The van der Waals surface area contributed by atoms with Crippen molar-refractivity contribution < 1.29 is 9.90 Å². The van der Waals surface area contributed by atoms with Gasteiger partial charge in [-0.05, 0) is 19.9 Å². The molecule has 16 heavy (non-hydrogen) atoms. The van der Waals surface area contributed by atoms with E-state index in [2.05, 4.69) is 4.98 Å². The molecule has 0 saturated heterocycles. The Morgan fingerprint density at radius 2 is 2.25 bits per heavy atom. The maximum atomic E-state index is 12.1. The minimum atomic E-state index is -0.621. The molecule has 1 aromatic rings. The molecule has 0 aromatic carbocycles. The molecule has 1 amide bonds. The summed E-state index contributed by atoms with van der Waals surface area (Å²) < 4.78 is 0. The Morgan fingerprint density at radius 1 is 1.62 bits per heavy atom. The molecule has 0 aliphatic heterocycles. The van der Waals surface area contributed by atoms with E-state index in [1.807, 2.05) is 0 Å². The topological polar surface area (TPSA) is 53.4 Å². The summed E-state index contributed by atoms with van der Waals surface area (Å²) in [5, 5.41) is 9.50. The monoisotopic (exact) mass is 242 g/mol. The lowest BCUT2D eigenvalue weighted by molar-refractivity contribution is 0.0473. The first-order valence-electron chi connectivity index (χ1n) is 4.88. The van der Waals surface area contributed by atoms with Crippen molar-refractivity contribution in [3.63, 3.8) is 0 Å². The largest absolute Gasteiger partial charge is 0.394 e. The average Bonchev–Trinajstić information content (AvgIpc) is 2.27. The first kappa shape index (κ1) is 12.9. The fourth-order valence-corrected chi connectivity index (χ4v) is 1.31. The normalized spacial score (nSPS) is 11.3. The molecule has 1 rings (SSSR count). The third-order valence-electron chi connectivity index (χ3n) is 2.60. The van der Waals surface area contributed by atoms with Gasteiger partial charge >= 0.3 is 0 Å². The Bertz CT molecular complexity index is 393. The van der Waals surface area contributed by atoms with Crippen LogP contribution < -0.4 is 0 Å². The molecule has 0 atom stereocenters. The molecule has 1 N–H and O–H groups in total. The number of nitrogens with zero attached hydrogens (tertiary/aromatic N) is 2. The summed E-state index contributed by atoms with van der Waals surface area (Å²) in [4.78, 5) is 17.4. The van der Waals surface area contributed by atoms with Crippen LogP contribution in [-0.2, 0) is 0 Å². The van der Waals surface area contributed by atoms with Crippen LogP contribution in [0.2, 0.25) is 5.02 Å². The van der Waals surface area contributed by atoms with Gasteiger partial charge < -0.3 is 10.0 Å². The van der Waals surface area contributed by atoms with E-state index in [0.717, 1.165) is 0 Å². The molecule has 1 aromatic heterocycles. The van der Waals surface area contributed by atoms with Gasteiger partial charge in [-0.3, -0.25) is 9.78 Å². The number of amides is 1. The fraction of sp³-hybridized carbons (Fsp3) is 0.455. The second kappa shape index (κ2) is 4.80. The lowest BCUT2D eigenvalue weighted by Gasteiger charge is -2.34. The number of aliphatic hydroxyl groups excluding tert-OH is 1. The second-order valence-corrected chi connectivity index (χ2v) is 4.60. The molecular formula is C11H15ClN2O2. The zero-order chi connectivity index (χ0) is 12.3. The van der Waals surface area contributed by atoms with E-state index in [1.54, 1.807) is 27.0 Å². The molecule has 0 saturated carbocycles. The predicted octanol–water partition coefficient (Wildman–Crippen LogP) is 1.58. The number of carbonyl (C=O) groups is 1. The quantitative estimate of drug-likeness (QED) is 0.876. The van der Waals surface area contributed by atoms with Crippen LogP contribution >= 0.6 is 11.6 Å². The van der Waals surface area contributed by atoms with Gasteiger partial charge in [-0.15, -0.1) is 0 Å². The van der Waals surface area contributed by atoms with Crippen molar-refractivity contribution in [1.82, 2.24) is 9.88 Å². The number of rotatable bonds is 3. The Kier molecular flexibility index (Phi) is 3.88. The molecule has 4 nitrogen and oxygen atoms in total. The maximum Gasteiger partial charge on any atom is 0.255 e. The van der Waals surface area contributed by atoms with Crippen LogP contribution in [-0.4, -0.2) is 40.1 Å². The highest BCUT2D eigenvalue weighted by Gasteiger charge is 2.28. The zero-order valence-corrected chi connectivity index (χ0v) is 10.3. The van der Waals surface area contributed by atoms with Crippen LogP contribution in [0.25, 0.3) is 0 Å². The van der Waals surface area contributed by atoms with Gasteiger partial charge in [-0.1, -0.05) is 11.6 Å². The third kappa shape index (κ3) is 2.51. The summed E-state index contributed by atoms with van der Waals surface area (Å²) in [5.74, 6) is -0.230. The standard InChI is InChI=1S/C11H15ClN2O2/c1-11(2,7-15)14(3)10(16)8-4-5-13-6-9(8)12/h4-6,15H,7H2,1-3H3.